The number of rotatable bonds is 7. The predicted molar refractivity (Wildman–Crippen MR) is 121 cm³/mol. The first kappa shape index (κ1) is 22.5. The molecule has 7 nitrogen and oxygen atoms in total. The van der Waals surface area contributed by atoms with E-state index in [2.05, 4.69) is 45.8 Å². The van der Waals surface area contributed by atoms with Gasteiger partial charge in [0, 0.05) is 39.0 Å². The Labute approximate surface area is 183 Å². The molecule has 1 aromatic carbocycles. The van der Waals surface area contributed by atoms with Crippen molar-refractivity contribution in [3.8, 4) is 5.75 Å². The Morgan fingerprint density at radius 1 is 1.32 bits per heavy atom. The molecule has 3 rings (SSSR count). The molecule has 0 bridgehead atoms. The molecule has 0 aliphatic carbocycles. The molecule has 1 atom stereocenters. The van der Waals surface area contributed by atoms with E-state index < -0.39 is 0 Å². The van der Waals surface area contributed by atoms with Gasteiger partial charge < -0.3 is 20.1 Å². The van der Waals surface area contributed by atoms with Crippen LogP contribution in [-0.2, 0) is 24.9 Å². The molecule has 1 unspecified atom stereocenters. The first-order valence-corrected chi connectivity index (χ1v) is 9.41. The summed E-state index contributed by atoms with van der Waals surface area (Å²) in [6.45, 7) is 4.81. The minimum absolute atomic E-state index is 0. The molecule has 28 heavy (non-hydrogen) atoms. The van der Waals surface area contributed by atoms with E-state index in [1.807, 2.05) is 17.8 Å². The lowest BCUT2D eigenvalue weighted by atomic mass is 10.1. The van der Waals surface area contributed by atoms with Crippen molar-refractivity contribution < 1.29 is 9.47 Å². The Morgan fingerprint density at radius 3 is 2.82 bits per heavy atom. The SMILES string of the molecule is CN=C(NCc1ccc(C)cc1OCC1CCCO1)NCc1ccnn1C.I. The average molecular weight is 499 g/mol. The Hall–Kier alpha value is -1.81. The molecule has 154 valence electrons. The third kappa shape index (κ3) is 6.37. The molecule has 8 heteroatoms. The van der Waals surface area contributed by atoms with Crippen molar-refractivity contribution in [2.45, 2.75) is 39.0 Å². The summed E-state index contributed by atoms with van der Waals surface area (Å²) >= 11 is 0. The van der Waals surface area contributed by atoms with Crippen LogP contribution in [0.5, 0.6) is 5.75 Å². The highest BCUT2D eigenvalue weighted by Crippen LogP contribution is 2.22. The van der Waals surface area contributed by atoms with E-state index in [1.54, 1.807) is 13.2 Å². The van der Waals surface area contributed by atoms with Crippen LogP contribution in [0.2, 0.25) is 0 Å². The summed E-state index contributed by atoms with van der Waals surface area (Å²) in [5.41, 5.74) is 3.37. The van der Waals surface area contributed by atoms with Crippen LogP contribution in [0.15, 0.2) is 35.5 Å². The third-order valence-electron chi connectivity index (χ3n) is 4.70. The average Bonchev–Trinajstić information content (AvgIpc) is 3.33. The molecule has 0 saturated carbocycles. The van der Waals surface area contributed by atoms with Crippen LogP contribution in [-0.4, -0.2) is 42.1 Å². The van der Waals surface area contributed by atoms with E-state index in [0.29, 0.717) is 19.7 Å². The summed E-state index contributed by atoms with van der Waals surface area (Å²) in [6.07, 6.45) is 4.19. The zero-order valence-electron chi connectivity index (χ0n) is 16.8. The molecule has 2 N–H and O–H groups in total. The summed E-state index contributed by atoms with van der Waals surface area (Å²) in [6, 6.07) is 8.26. The summed E-state index contributed by atoms with van der Waals surface area (Å²) in [5, 5.41) is 10.8. The van der Waals surface area contributed by atoms with E-state index in [-0.39, 0.29) is 30.1 Å². The number of nitrogens with one attached hydrogen (secondary N) is 2. The minimum Gasteiger partial charge on any atom is -0.491 e. The second-order valence-corrected chi connectivity index (χ2v) is 6.78. The minimum atomic E-state index is 0. The summed E-state index contributed by atoms with van der Waals surface area (Å²) in [5.74, 6) is 1.64. The van der Waals surface area contributed by atoms with Crippen LogP contribution < -0.4 is 15.4 Å². The number of guanidine groups is 1. The van der Waals surface area contributed by atoms with Crippen LogP contribution in [0.25, 0.3) is 0 Å². The topological polar surface area (TPSA) is 72.7 Å². The van der Waals surface area contributed by atoms with Crippen LogP contribution in [0.4, 0.5) is 0 Å². The van der Waals surface area contributed by atoms with Crippen molar-refractivity contribution in [2.75, 3.05) is 20.3 Å². The fourth-order valence-corrected chi connectivity index (χ4v) is 3.05. The highest BCUT2D eigenvalue weighted by atomic mass is 127. The molecule has 1 aromatic heterocycles. The quantitative estimate of drug-likeness (QED) is 0.348. The Morgan fingerprint density at radius 2 is 2.14 bits per heavy atom. The van der Waals surface area contributed by atoms with Gasteiger partial charge >= 0.3 is 0 Å². The fraction of sp³-hybridized carbons (Fsp3) is 0.500. The number of halogens is 1. The summed E-state index contributed by atoms with van der Waals surface area (Å²) in [7, 11) is 3.69. The summed E-state index contributed by atoms with van der Waals surface area (Å²) in [4.78, 5) is 4.29. The zero-order chi connectivity index (χ0) is 19.1. The first-order valence-electron chi connectivity index (χ1n) is 9.41. The van der Waals surface area contributed by atoms with Gasteiger partial charge in [0.2, 0.25) is 0 Å². The zero-order valence-corrected chi connectivity index (χ0v) is 19.1. The van der Waals surface area contributed by atoms with Gasteiger partial charge in [-0.1, -0.05) is 12.1 Å². The largest absolute Gasteiger partial charge is 0.491 e. The monoisotopic (exact) mass is 499 g/mol. The van der Waals surface area contributed by atoms with Crippen molar-refractivity contribution in [3.63, 3.8) is 0 Å². The number of aromatic nitrogens is 2. The number of hydrogen-bond donors (Lipinski definition) is 2. The fourth-order valence-electron chi connectivity index (χ4n) is 3.05. The number of hydrogen-bond acceptors (Lipinski definition) is 4. The number of aryl methyl sites for hydroxylation is 2. The molecular weight excluding hydrogens is 469 g/mol. The molecule has 0 radical (unpaired) electrons. The van der Waals surface area contributed by atoms with Gasteiger partial charge in [-0.2, -0.15) is 5.10 Å². The molecule has 1 saturated heterocycles. The van der Waals surface area contributed by atoms with Gasteiger partial charge in [0.1, 0.15) is 12.4 Å². The normalized spacial score (nSPS) is 16.5. The lowest BCUT2D eigenvalue weighted by Gasteiger charge is -2.17. The van der Waals surface area contributed by atoms with Crippen LogP contribution in [0, 0.1) is 6.92 Å². The number of ether oxygens (including phenoxy) is 2. The Kier molecular flexibility index (Phi) is 9.04. The van der Waals surface area contributed by atoms with E-state index in [1.165, 1.54) is 5.56 Å². The molecule has 2 aromatic rings. The molecule has 1 aliphatic heterocycles. The van der Waals surface area contributed by atoms with Crippen molar-refractivity contribution in [1.29, 1.82) is 0 Å². The lowest BCUT2D eigenvalue weighted by molar-refractivity contribution is 0.0676. The Balaban J connectivity index is 0.00000280. The maximum Gasteiger partial charge on any atom is 0.191 e. The first-order chi connectivity index (χ1) is 13.2. The summed E-state index contributed by atoms with van der Waals surface area (Å²) < 4.78 is 13.6. The van der Waals surface area contributed by atoms with Gasteiger partial charge in [0.05, 0.1) is 18.3 Å². The van der Waals surface area contributed by atoms with Crippen LogP contribution in [0.3, 0.4) is 0 Å². The molecular formula is C20H30IN5O2. The van der Waals surface area contributed by atoms with Gasteiger partial charge in [-0.3, -0.25) is 9.67 Å². The van der Waals surface area contributed by atoms with Gasteiger partial charge in [-0.05, 0) is 37.5 Å². The van der Waals surface area contributed by atoms with Crippen molar-refractivity contribution in [1.82, 2.24) is 20.4 Å². The number of aliphatic imine (C=N–C) groups is 1. The van der Waals surface area contributed by atoms with Gasteiger partial charge in [0.15, 0.2) is 5.96 Å². The van der Waals surface area contributed by atoms with Crippen LogP contribution in [0.1, 0.15) is 29.7 Å². The molecule has 1 fully saturated rings. The highest BCUT2D eigenvalue weighted by molar-refractivity contribution is 14.0. The number of benzene rings is 1. The maximum atomic E-state index is 6.07. The molecule has 0 amide bonds. The molecule has 2 heterocycles. The Bertz CT molecular complexity index is 772. The van der Waals surface area contributed by atoms with E-state index in [9.17, 15) is 0 Å². The van der Waals surface area contributed by atoms with Crippen molar-refractivity contribution in [2.24, 2.45) is 12.0 Å². The van der Waals surface area contributed by atoms with E-state index >= 15 is 0 Å². The second kappa shape index (κ2) is 11.3. The smallest absolute Gasteiger partial charge is 0.191 e. The standard InChI is InChI=1S/C20H29N5O2.HI/c1-15-6-7-16(19(11-15)27-14-18-5-4-10-26-18)12-22-20(21-2)23-13-17-8-9-24-25(17)3;/h6-9,11,18H,4-5,10,12-14H2,1-3H3,(H2,21,22,23);1H. The van der Waals surface area contributed by atoms with Gasteiger partial charge in [-0.15, -0.1) is 24.0 Å². The predicted octanol–water partition coefficient (Wildman–Crippen LogP) is 2.77. The molecule has 0 spiro atoms. The lowest BCUT2D eigenvalue weighted by Crippen LogP contribution is -2.36. The number of nitrogens with zero attached hydrogens (tertiary/aromatic N) is 3. The third-order valence-corrected chi connectivity index (χ3v) is 4.70. The van der Waals surface area contributed by atoms with Crippen LogP contribution >= 0.6 is 24.0 Å². The molecule has 1 aliphatic rings. The van der Waals surface area contributed by atoms with E-state index in [4.69, 9.17) is 9.47 Å². The second-order valence-electron chi connectivity index (χ2n) is 6.78. The van der Waals surface area contributed by atoms with Gasteiger partial charge in [0.25, 0.3) is 0 Å². The van der Waals surface area contributed by atoms with Crippen molar-refractivity contribution in [3.05, 3.63) is 47.3 Å². The van der Waals surface area contributed by atoms with Gasteiger partial charge in [-0.25, -0.2) is 0 Å². The van der Waals surface area contributed by atoms with Crippen molar-refractivity contribution >= 4 is 29.9 Å². The highest BCUT2D eigenvalue weighted by Gasteiger charge is 2.17. The van der Waals surface area contributed by atoms with E-state index in [0.717, 1.165) is 42.4 Å². The maximum absolute atomic E-state index is 6.07.